The highest BCUT2D eigenvalue weighted by Gasteiger charge is 2.40. The molecular formula is C30H44F2O3Si2. The lowest BCUT2D eigenvalue weighted by atomic mass is 10.1. The monoisotopic (exact) mass is 546 g/mol. The van der Waals surface area contributed by atoms with Gasteiger partial charge in [-0.05, 0) is 61.2 Å². The van der Waals surface area contributed by atoms with Crippen LogP contribution in [-0.2, 0) is 12.8 Å². The van der Waals surface area contributed by atoms with Crippen LogP contribution in [0.2, 0.25) is 36.3 Å². The second kappa shape index (κ2) is 11.2. The van der Waals surface area contributed by atoms with E-state index in [9.17, 15) is 0 Å². The molecule has 0 atom stereocenters. The summed E-state index contributed by atoms with van der Waals surface area (Å²) in [5.41, 5.74) is 1.24. The Labute approximate surface area is 224 Å². The first-order valence-corrected chi connectivity index (χ1v) is 18.6. The zero-order chi connectivity index (χ0) is 28.4. The number of ether oxygens (including phenoxy) is 1. The highest BCUT2D eigenvalue weighted by molar-refractivity contribution is 6.75. The van der Waals surface area contributed by atoms with Gasteiger partial charge < -0.3 is 13.6 Å². The maximum Gasteiger partial charge on any atom is 0.250 e. The maximum atomic E-state index is 15.2. The van der Waals surface area contributed by atoms with Crippen molar-refractivity contribution in [1.29, 1.82) is 0 Å². The van der Waals surface area contributed by atoms with Crippen LogP contribution in [-0.4, -0.2) is 16.6 Å². The molecule has 0 amide bonds. The summed E-state index contributed by atoms with van der Waals surface area (Å²) in [6.07, 6.45) is 4.19. The molecule has 0 heterocycles. The van der Waals surface area contributed by atoms with E-state index in [4.69, 9.17) is 13.6 Å². The van der Waals surface area contributed by atoms with Gasteiger partial charge in [0.2, 0.25) is 0 Å². The SMILES string of the molecule is C=CCc1cc(F)c(O[Si](C)(C)C(C)(C)C)cc1Oc1cc(O[Si](C)(C)C(C)(C)C)c(F)cc1CC=C. The minimum absolute atomic E-state index is 0.107. The summed E-state index contributed by atoms with van der Waals surface area (Å²) in [5.74, 6) is 0.289. The van der Waals surface area contributed by atoms with Crippen LogP contribution in [0.25, 0.3) is 0 Å². The Bertz CT molecular complexity index is 1050. The van der Waals surface area contributed by atoms with Crippen LogP contribution < -0.4 is 13.6 Å². The third-order valence-corrected chi connectivity index (χ3v) is 16.2. The number of halogens is 2. The predicted octanol–water partition coefficient (Wildman–Crippen LogP) is 9.98. The van der Waals surface area contributed by atoms with Crippen molar-refractivity contribution in [2.75, 3.05) is 0 Å². The molecule has 7 heteroatoms. The van der Waals surface area contributed by atoms with Crippen LogP contribution in [0, 0.1) is 11.6 Å². The highest BCUT2D eigenvalue weighted by atomic mass is 28.4. The van der Waals surface area contributed by atoms with E-state index in [0.717, 1.165) is 0 Å². The molecule has 0 bridgehead atoms. The van der Waals surface area contributed by atoms with Crippen LogP contribution in [0.1, 0.15) is 52.7 Å². The average molecular weight is 547 g/mol. The minimum atomic E-state index is -2.31. The number of benzene rings is 2. The molecule has 204 valence electrons. The van der Waals surface area contributed by atoms with Crippen LogP contribution in [0.4, 0.5) is 8.78 Å². The number of allylic oxidation sites excluding steroid dienone is 2. The molecule has 0 saturated heterocycles. The van der Waals surface area contributed by atoms with Gasteiger partial charge in [0.15, 0.2) is 11.6 Å². The summed E-state index contributed by atoms with van der Waals surface area (Å²) < 4.78 is 49.3. The molecule has 0 fully saturated rings. The number of rotatable bonds is 10. The normalized spacial score (nSPS) is 12.8. The Hall–Kier alpha value is -2.39. The molecule has 0 aromatic heterocycles. The lowest BCUT2D eigenvalue weighted by Gasteiger charge is -2.37. The third kappa shape index (κ3) is 7.35. The summed E-state index contributed by atoms with van der Waals surface area (Å²) in [6.45, 7) is 28.5. The van der Waals surface area contributed by atoms with E-state index >= 15 is 8.78 Å². The Morgan fingerprint density at radius 2 is 0.973 bits per heavy atom. The quantitative estimate of drug-likeness (QED) is 0.219. The first-order valence-electron chi connectivity index (χ1n) is 12.8. The van der Waals surface area contributed by atoms with E-state index in [1.165, 1.54) is 12.1 Å². The highest BCUT2D eigenvalue weighted by Crippen LogP contribution is 2.43. The van der Waals surface area contributed by atoms with Gasteiger partial charge in [0.05, 0.1) is 0 Å². The molecule has 0 aliphatic heterocycles. The molecule has 2 rings (SSSR count). The summed E-state index contributed by atoms with van der Waals surface area (Å²) >= 11 is 0. The van der Waals surface area contributed by atoms with Crippen LogP contribution in [0.5, 0.6) is 23.0 Å². The van der Waals surface area contributed by atoms with Crippen LogP contribution in [0.3, 0.4) is 0 Å². The molecule has 2 aromatic carbocycles. The van der Waals surface area contributed by atoms with E-state index in [2.05, 4.69) is 80.9 Å². The molecule has 0 aliphatic carbocycles. The summed E-state index contributed by atoms with van der Waals surface area (Å²) in [6, 6.07) is 6.07. The molecule has 0 N–H and O–H groups in total. The van der Waals surface area contributed by atoms with E-state index in [1.54, 1.807) is 24.3 Å². The molecule has 0 aliphatic rings. The van der Waals surface area contributed by atoms with Gasteiger partial charge >= 0.3 is 0 Å². The summed E-state index contributed by atoms with van der Waals surface area (Å²) in [4.78, 5) is 0. The summed E-state index contributed by atoms with van der Waals surface area (Å²) in [7, 11) is -4.61. The van der Waals surface area contributed by atoms with Crippen molar-refractivity contribution < 1.29 is 22.4 Å². The zero-order valence-electron chi connectivity index (χ0n) is 24.3. The van der Waals surface area contributed by atoms with Gasteiger partial charge in [-0.15, -0.1) is 13.2 Å². The number of hydrogen-bond donors (Lipinski definition) is 0. The molecular weight excluding hydrogens is 502 g/mol. The Morgan fingerprint density at radius 1 is 0.649 bits per heavy atom. The van der Waals surface area contributed by atoms with Gasteiger partial charge in [-0.3, -0.25) is 0 Å². The van der Waals surface area contributed by atoms with E-state index in [1.807, 2.05) is 0 Å². The molecule has 2 aromatic rings. The minimum Gasteiger partial charge on any atom is -0.541 e. The molecule has 0 unspecified atom stereocenters. The maximum absolute atomic E-state index is 15.2. The molecule has 0 saturated carbocycles. The predicted molar refractivity (Wildman–Crippen MR) is 156 cm³/mol. The van der Waals surface area contributed by atoms with Crippen LogP contribution >= 0.6 is 0 Å². The Morgan fingerprint density at radius 3 is 1.24 bits per heavy atom. The van der Waals surface area contributed by atoms with E-state index < -0.39 is 28.3 Å². The van der Waals surface area contributed by atoms with Crippen molar-refractivity contribution in [2.45, 2.75) is 90.6 Å². The molecule has 37 heavy (non-hydrogen) atoms. The van der Waals surface area contributed by atoms with Crippen molar-refractivity contribution in [3.63, 3.8) is 0 Å². The molecule has 0 spiro atoms. The van der Waals surface area contributed by atoms with Gasteiger partial charge in [0.1, 0.15) is 23.0 Å². The van der Waals surface area contributed by atoms with Crippen LogP contribution in [0.15, 0.2) is 49.6 Å². The second-order valence-electron chi connectivity index (χ2n) is 12.6. The van der Waals surface area contributed by atoms with E-state index in [-0.39, 0.29) is 21.6 Å². The standard InChI is InChI=1S/C30H44F2O3Si2/c1-13-15-21-17-23(31)27(34-36(9,10)29(3,4)5)19-25(21)33-26-20-28(24(32)18-22(26)16-14-2)35-37(11,12)30(6,7)8/h13-14,17-20H,1-2,15-16H2,3-12H3. The molecule has 3 nitrogen and oxygen atoms in total. The van der Waals surface area contributed by atoms with Crippen molar-refractivity contribution in [3.8, 4) is 23.0 Å². The fourth-order valence-corrected chi connectivity index (χ4v) is 5.13. The largest absolute Gasteiger partial charge is 0.541 e. The van der Waals surface area contributed by atoms with E-state index in [0.29, 0.717) is 35.5 Å². The van der Waals surface area contributed by atoms with Crippen molar-refractivity contribution in [3.05, 3.63) is 72.3 Å². The van der Waals surface area contributed by atoms with Gasteiger partial charge in [-0.2, -0.15) is 0 Å². The fraction of sp³-hybridized carbons (Fsp3) is 0.467. The van der Waals surface area contributed by atoms with Gasteiger partial charge in [0, 0.05) is 23.3 Å². The zero-order valence-corrected chi connectivity index (χ0v) is 26.3. The fourth-order valence-electron chi connectivity index (χ4n) is 3.10. The smallest absolute Gasteiger partial charge is 0.250 e. The Kier molecular flexibility index (Phi) is 9.30. The molecule has 0 radical (unpaired) electrons. The van der Waals surface area contributed by atoms with Gasteiger partial charge in [-0.1, -0.05) is 53.7 Å². The van der Waals surface area contributed by atoms with Crippen molar-refractivity contribution >= 4 is 16.6 Å². The van der Waals surface area contributed by atoms with Gasteiger partial charge in [-0.25, -0.2) is 8.78 Å². The van der Waals surface area contributed by atoms with Crippen molar-refractivity contribution in [2.24, 2.45) is 0 Å². The lowest BCUT2D eigenvalue weighted by Crippen LogP contribution is -2.44. The second-order valence-corrected chi connectivity index (χ2v) is 22.0. The first-order chi connectivity index (χ1) is 16.8. The summed E-state index contributed by atoms with van der Waals surface area (Å²) in [5, 5.41) is -0.214. The average Bonchev–Trinajstić information content (AvgIpc) is 2.72. The first kappa shape index (κ1) is 30.8. The Balaban J connectivity index is 2.63. The van der Waals surface area contributed by atoms with Gasteiger partial charge in [0.25, 0.3) is 16.6 Å². The number of hydrogen-bond acceptors (Lipinski definition) is 3. The van der Waals surface area contributed by atoms with Crippen molar-refractivity contribution in [1.82, 2.24) is 0 Å². The third-order valence-electron chi connectivity index (χ3n) is 7.52. The topological polar surface area (TPSA) is 27.7 Å². The lowest BCUT2D eigenvalue weighted by molar-refractivity contribution is 0.429.